The molecular formula is C8H3BrF3N. The summed E-state index contributed by atoms with van der Waals surface area (Å²) in [6.07, 6.45) is -4.42. The Morgan fingerprint density at radius 1 is 1.31 bits per heavy atom. The number of hydrogen-bond acceptors (Lipinski definition) is 0. The van der Waals surface area contributed by atoms with Crippen LogP contribution in [0.15, 0.2) is 22.7 Å². The first kappa shape index (κ1) is 10.1. The third kappa shape index (κ3) is 2.22. The molecular weight excluding hydrogens is 247 g/mol. The standard InChI is InChI=1S/C8H3BrF3N/c1-13-5-2-3-7(9)6(4-5)8(10,11)12/h2-4H. The van der Waals surface area contributed by atoms with Gasteiger partial charge in [0.2, 0.25) is 0 Å². The second kappa shape index (κ2) is 3.38. The zero-order valence-corrected chi connectivity index (χ0v) is 7.78. The van der Waals surface area contributed by atoms with Crippen molar-refractivity contribution < 1.29 is 13.2 Å². The van der Waals surface area contributed by atoms with E-state index in [4.69, 9.17) is 6.57 Å². The Hall–Kier alpha value is -1.02. The van der Waals surface area contributed by atoms with Crippen LogP contribution in [0.3, 0.4) is 0 Å². The molecule has 0 N–H and O–H groups in total. The molecule has 0 aliphatic carbocycles. The first-order valence-electron chi connectivity index (χ1n) is 3.19. The Balaban J connectivity index is 3.29. The molecule has 0 atom stereocenters. The minimum atomic E-state index is -4.42. The van der Waals surface area contributed by atoms with Gasteiger partial charge >= 0.3 is 6.18 Å². The SMILES string of the molecule is [C-]#[N+]c1ccc(Br)c(C(F)(F)F)c1. The maximum Gasteiger partial charge on any atom is 0.416 e. The second-order valence-electron chi connectivity index (χ2n) is 2.27. The maximum atomic E-state index is 12.2. The van der Waals surface area contributed by atoms with Crippen LogP contribution < -0.4 is 0 Å². The summed E-state index contributed by atoms with van der Waals surface area (Å²) in [6, 6.07) is 3.36. The van der Waals surface area contributed by atoms with Crippen molar-refractivity contribution in [3.8, 4) is 0 Å². The van der Waals surface area contributed by atoms with Crippen LogP contribution in [-0.2, 0) is 6.18 Å². The van der Waals surface area contributed by atoms with Gasteiger partial charge in [-0.05, 0) is 6.07 Å². The van der Waals surface area contributed by atoms with Crippen molar-refractivity contribution in [1.29, 1.82) is 0 Å². The lowest BCUT2D eigenvalue weighted by Crippen LogP contribution is -2.05. The zero-order chi connectivity index (χ0) is 10.1. The number of nitrogens with zero attached hydrogens (tertiary/aromatic N) is 1. The number of halogens is 4. The lowest BCUT2D eigenvalue weighted by atomic mass is 10.2. The van der Waals surface area contributed by atoms with E-state index in [1.54, 1.807) is 0 Å². The molecule has 0 radical (unpaired) electrons. The average Bonchev–Trinajstić information content (AvgIpc) is 2.03. The molecule has 0 saturated heterocycles. The smallest absolute Gasteiger partial charge is 0.238 e. The molecule has 0 aliphatic heterocycles. The van der Waals surface area contributed by atoms with Crippen molar-refractivity contribution in [2.45, 2.75) is 6.18 Å². The number of alkyl halides is 3. The molecule has 0 aliphatic rings. The van der Waals surface area contributed by atoms with Gasteiger partial charge in [0.1, 0.15) is 0 Å². The van der Waals surface area contributed by atoms with Gasteiger partial charge in [0.05, 0.1) is 12.1 Å². The number of hydrogen-bond donors (Lipinski definition) is 0. The molecule has 1 nitrogen and oxygen atoms in total. The molecule has 1 aromatic rings. The summed E-state index contributed by atoms with van der Waals surface area (Å²) >= 11 is 2.77. The lowest BCUT2D eigenvalue weighted by molar-refractivity contribution is -0.138. The van der Waals surface area contributed by atoms with Crippen LogP contribution in [0.4, 0.5) is 18.9 Å². The topological polar surface area (TPSA) is 4.36 Å². The third-order valence-corrected chi connectivity index (χ3v) is 2.08. The van der Waals surface area contributed by atoms with Crippen LogP contribution in [0.25, 0.3) is 4.85 Å². The van der Waals surface area contributed by atoms with Gasteiger partial charge in [-0.1, -0.05) is 28.1 Å². The summed E-state index contributed by atoms with van der Waals surface area (Å²) < 4.78 is 36.6. The van der Waals surface area contributed by atoms with E-state index < -0.39 is 11.7 Å². The summed E-state index contributed by atoms with van der Waals surface area (Å²) in [7, 11) is 0. The molecule has 0 heterocycles. The van der Waals surface area contributed by atoms with Crippen LogP contribution in [0.2, 0.25) is 0 Å². The van der Waals surface area contributed by atoms with Gasteiger partial charge in [-0.3, -0.25) is 0 Å². The van der Waals surface area contributed by atoms with E-state index in [9.17, 15) is 13.2 Å². The van der Waals surface area contributed by atoms with Crippen LogP contribution in [0.1, 0.15) is 5.56 Å². The summed E-state index contributed by atoms with van der Waals surface area (Å²) in [5.41, 5.74) is -0.837. The van der Waals surface area contributed by atoms with Crippen molar-refractivity contribution in [1.82, 2.24) is 0 Å². The van der Waals surface area contributed by atoms with Gasteiger partial charge in [0.25, 0.3) is 0 Å². The van der Waals surface area contributed by atoms with Crippen molar-refractivity contribution >= 4 is 21.6 Å². The van der Waals surface area contributed by atoms with Crippen LogP contribution >= 0.6 is 15.9 Å². The highest BCUT2D eigenvalue weighted by Crippen LogP contribution is 2.36. The van der Waals surface area contributed by atoms with Crippen LogP contribution in [-0.4, -0.2) is 0 Å². The van der Waals surface area contributed by atoms with E-state index in [-0.39, 0.29) is 10.2 Å². The first-order chi connectivity index (χ1) is 5.95. The van der Waals surface area contributed by atoms with Crippen molar-refractivity contribution in [3.63, 3.8) is 0 Å². The molecule has 1 rings (SSSR count). The van der Waals surface area contributed by atoms with E-state index in [1.165, 1.54) is 12.1 Å². The quantitative estimate of drug-likeness (QED) is 0.612. The Bertz CT molecular complexity index is 365. The molecule has 0 bridgehead atoms. The van der Waals surface area contributed by atoms with E-state index in [0.717, 1.165) is 6.07 Å². The Morgan fingerprint density at radius 3 is 2.38 bits per heavy atom. The van der Waals surface area contributed by atoms with Crippen LogP contribution in [0, 0.1) is 6.57 Å². The fraction of sp³-hybridized carbons (Fsp3) is 0.125. The molecule has 0 saturated carbocycles. The van der Waals surface area contributed by atoms with Gasteiger partial charge in [-0.2, -0.15) is 13.2 Å². The summed E-state index contributed by atoms with van der Waals surface area (Å²) in [4.78, 5) is 2.92. The second-order valence-corrected chi connectivity index (χ2v) is 3.13. The van der Waals surface area contributed by atoms with Crippen molar-refractivity contribution in [2.75, 3.05) is 0 Å². The van der Waals surface area contributed by atoms with Crippen molar-refractivity contribution in [2.24, 2.45) is 0 Å². The highest BCUT2D eigenvalue weighted by atomic mass is 79.9. The van der Waals surface area contributed by atoms with Gasteiger partial charge in [0, 0.05) is 4.47 Å². The maximum absolute atomic E-state index is 12.2. The van der Waals surface area contributed by atoms with E-state index in [0.29, 0.717) is 0 Å². The number of rotatable bonds is 0. The Morgan fingerprint density at radius 2 is 1.92 bits per heavy atom. The van der Waals surface area contributed by atoms with E-state index in [1.807, 2.05) is 0 Å². The van der Waals surface area contributed by atoms with Crippen LogP contribution in [0.5, 0.6) is 0 Å². The van der Waals surface area contributed by atoms with Gasteiger partial charge < -0.3 is 0 Å². The predicted molar refractivity (Wildman–Crippen MR) is 45.4 cm³/mol. The van der Waals surface area contributed by atoms with E-state index >= 15 is 0 Å². The first-order valence-corrected chi connectivity index (χ1v) is 3.98. The molecule has 0 aromatic heterocycles. The highest BCUT2D eigenvalue weighted by Gasteiger charge is 2.32. The molecule has 0 amide bonds. The fourth-order valence-corrected chi connectivity index (χ4v) is 1.27. The van der Waals surface area contributed by atoms with Gasteiger partial charge in [-0.25, -0.2) is 4.85 Å². The van der Waals surface area contributed by atoms with Gasteiger partial charge in [0.15, 0.2) is 5.69 Å². The highest BCUT2D eigenvalue weighted by molar-refractivity contribution is 9.10. The zero-order valence-electron chi connectivity index (χ0n) is 6.19. The number of benzene rings is 1. The largest absolute Gasteiger partial charge is 0.416 e. The molecule has 68 valence electrons. The normalized spacial score (nSPS) is 11.0. The lowest BCUT2D eigenvalue weighted by Gasteiger charge is -2.08. The third-order valence-electron chi connectivity index (χ3n) is 1.38. The van der Waals surface area contributed by atoms with E-state index in [2.05, 4.69) is 20.8 Å². The van der Waals surface area contributed by atoms with Gasteiger partial charge in [-0.15, -0.1) is 0 Å². The minimum absolute atomic E-state index is 0.0180. The average molecular weight is 250 g/mol. The summed E-state index contributed by atoms with van der Waals surface area (Å²) in [6.45, 7) is 6.56. The molecule has 0 fully saturated rings. The Kier molecular flexibility index (Phi) is 2.62. The molecule has 0 unspecified atom stereocenters. The molecule has 1 aromatic carbocycles. The molecule has 13 heavy (non-hydrogen) atoms. The van der Waals surface area contributed by atoms with Crippen molar-refractivity contribution in [3.05, 3.63) is 39.7 Å². The fourth-order valence-electron chi connectivity index (χ4n) is 0.800. The Labute approximate surface area is 81.1 Å². The summed E-state index contributed by atoms with van der Waals surface area (Å²) in [5.74, 6) is 0. The molecule has 0 spiro atoms. The minimum Gasteiger partial charge on any atom is -0.238 e. The summed E-state index contributed by atoms with van der Waals surface area (Å²) in [5, 5.41) is 0. The predicted octanol–water partition coefficient (Wildman–Crippen LogP) is 4.02. The monoisotopic (exact) mass is 249 g/mol. The molecule has 5 heteroatoms.